The van der Waals surface area contributed by atoms with Crippen molar-refractivity contribution < 1.29 is 5.11 Å². The van der Waals surface area contributed by atoms with Gasteiger partial charge in [0.15, 0.2) is 0 Å². The van der Waals surface area contributed by atoms with E-state index in [4.69, 9.17) is 11.6 Å². The van der Waals surface area contributed by atoms with Gasteiger partial charge in [-0.1, -0.05) is 39.7 Å². The molecule has 0 amide bonds. The zero-order valence-electron chi connectivity index (χ0n) is 9.25. The molecule has 5 heteroatoms. The summed E-state index contributed by atoms with van der Waals surface area (Å²) in [5.41, 5.74) is 1.71. The molecule has 0 atom stereocenters. The van der Waals surface area contributed by atoms with Gasteiger partial charge in [-0.15, -0.1) is 0 Å². The minimum absolute atomic E-state index is 0.123. The van der Waals surface area contributed by atoms with Crippen LogP contribution in [0.4, 0.5) is 5.69 Å². The van der Waals surface area contributed by atoms with Crippen LogP contribution in [-0.4, -0.2) is 5.11 Å². The Bertz CT molecular complexity index is 573. The summed E-state index contributed by atoms with van der Waals surface area (Å²) in [5, 5.41) is 13.4. The molecule has 0 aliphatic carbocycles. The molecular weight excluding hydrogens is 381 g/mol. The predicted molar refractivity (Wildman–Crippen MR) is 82.3 cm³/mol. The van der Waals surface area contributed by atoms with Crippen molar-refractivity contribution in [2.45, 2.75) is 6.54 Å². The lowest BCUT2D eigenvalue weighted by atomic mass is 10.2. The molecule has 0 unspecified atom stereocenters. The molecule has 0 fully saturated rings. The third-order valence-electron chi connectivity index (χ3n) is 2.47. The van der Waals surface area contributed by atoms with Gasteiger partial charge in [0.25, 0.3) is 0 Å². The van der Waals surface area contributed by atoms with E-state index in [0.29, 0.717) is 11.6 Å². The number of phenols is 1. The molecule has 18 heavy (non-hydrogen) atoms. The van der Waals surface area contributed by atoms with Crippen LogP contribution in [0.15, 0.2) is 45.3 Å². The topological polar surface area (TPSA) is 32.3 Å². The molecule has 2 aromatic rings. The summed E-state index contributed by atoms with van der Waals surface area (Å²) in [6, 6.07) is 11.2. The van der Waals surface area contributed by atoms with Crippen LogP contribution in [0, 0.1) is 0 Å². The van der Waals surface area contributed by atoms with Crippen molar-refractivity contribution >= 4 is 49.1 Å². The first kappa shape index (κ1) is 13.7. The van der Waals surface area contributed by atoms with Crippen LogP contribution in [-0.2, 0) is 6.54 Å². The van der Waals surface area contributed by atoms with Gasteiger partial charge in [-0.3, -0.25) is 0 Å². The second kappa shape index (κ2) is 5.95. The van der Waals surface area contributed by atoms with Crippen molar-refractivity contribution in [1.29, 1.82) is 0 Å². The van der Waals surface area contributed by atoms with E-state index in [0.717, 1.165) is 20.2 Å². The molecule has 94 valence electrons. The van der Waals surface area contributed by atoms with Crippen molar-refractivity contribution in [2.24, 2.45) is 0 Å². The van der Waals surface area contributed by atoms with Crippen molar-refractivity contribution in [1.82, 2.24) is 0 Å². The van der Waals surface area contributed by atoms with Gasteiger partial charge in [0.1, 0.15) is 5.75 Å². The lowest BCUT2D eigenvalue weighted by Crippen LogP contribution is -2.00. The monoisotopic (exact) mass is 389 g/mol. The normalized spacial score (nSPS) is 10.4. The van der Waals surface area contributed by atoms with Crippen molar-refractivity contribution in [3.05, 3.63) is 55.9 Å². The van der Waals surface area contributed by atoms with E-state index in [1.54, 1.807) is 6.07 Å². The van der Waals surface area contributed by atoms with Crippen LogP contribution in [0.2, 0.25) is 5.02 Å². The van der Waals surface area contributed by atoms with E-state index in [9.17, 15) is 5.11 Å². The summed E-state index contributed by atoms with van der Waals surface area (Å²) < 4.78 is 1.95. The van der Waals surface area contributed by atoms with Crippen LogP contribution < -0.4 is 5.32 Å². The summed E-state index contributed by atoms with van der Waals surface area (Å²) in [5.74, 6) is 0.123. The Morgan fingerprint density at radius 1 is 1.17 bits per heavy atom. The van der Waals surface area contributed by atoms with Gasteiger partial charge >= 0.3 is 0 Å². The number of rotatable bonds is 3. The minimum Gasteiger partial charge on any atom is -0.506 e. The Morgan fingerprint density at radius 3 is 2.72 bits per heavy atom. The van der Waals surface area contributed by atoms with Crippen LogP contribution in [0.5, 0.6) is 5.75 Å². The molecule has 0 spiro atoms. The van der Waals surface area contributed by atoms with Gasteiger partial charge in [-0.25, -0.2) is 0 Å². The highest BCUT2D eigenvalue weighted by molar-refractivity contribution is 9.11. The molecule has 0 aliphatic rings. The van der Waals surface area contributed by atoms with Crippen LogP contribution in [0.3, 0.4) is 0 Å². The maximum atomic E-state index is 9.81. The van der Waals surface area contributed by atoms with Gasteiger partial charge in [-0.05, 0) is 40.2 Å². The summed E-state index contributed by atoms with van der Waals surface area (Å²) >= 11 is 12.7. The number of hydrogen-bond donors (Lipinski definition) is 2. The first-order valence-electron chi connectivity index (χ1n) is 5.23. The molecule has 2 N–H and O–H groups in total. The first-order valence-corrected chi connectivity index (χ1v) is 7.19. The second-order valence-corrected chi connectivity index (χ2v) is 5.90. The number of anilines is 1. The van der Waals surface area contributed by atoms with Crippen molar-refractivity contribution in [3.8, 4) is 5.75 Å². The number of phenolic OH excluding ortho intramolecular Hbond substituents is 1. The number of benzene rings is 2. The molecule has 0 heterocycles. The zero-order chi connectivity index (χ0) is 13.1. The zero-order valence-corrected chi connectivity index (χ0v) is 13.2. The van der Waals surface area contributed by atoms with E-state index >= 15 is 0 Å². The molecule has 0 bridgehead atoms. The third-order valence-corrected chi connectivity index (χ3v) is 3.96. The van der Waals surface area contributed by atoms with Gasteiger partial charge in [0.05, 0.1) is 5.02 Å². The van der Waals surface area contributed by atoms with Gasteiger partial charge in [0, 0.05) is 26.7 Å². The molecule has 0 saturated carbocycles. The van der Waals surface area contributed by atoms with Crippen molar-refractivity contribution in [2.75, 3.05) is 5.32 Å². The summed E-state index contributed by atoms with van der Waals surface area (Å²) in [6.07, 6.45) is 0. The Morgan fingerprint density at radius 2 is 1.94 bits per heavy atom. The largest absolute Gasteiger partial charge is 0.506 e. The average Bonchev–Trinajstić information content (AvgIpc) is 2.35. The van der Waals surface area contributed by atoms with Crippen molar-refractivity contribution in [3.63, 3.8) is 0 Å². The standard InChI is InChI=1S/C13H10Br2ClNO/c14-9-4-5-10(15)12(6-9)17-7-8-2-1-3-11(16)13(8)18/h1-6,17-18H,7H2. The molecule has 2 nitrogen and oxygen atoms in total. The summed E-state index contributed by atoms with van der Waals surface area (Å²) in [7, 11) is 0. The number of para-hydroxylation sites is 1. The molecular formula is C13H10Br2ClNO. The second-order valence-electron chi connectivity index (χ2n) is 3.73. The molecule has 0 saturated heterocycles. The van der Waals surface area contributed by atoms with Crippen LogP contribution >= 0.6 is 43.5 Å². The Labute approximate surface area is 127 Å². The molecule has 2 rings (SSSR count). The number of hydrogen-bond acceptors (Lipinski definition) is 2. The highest BCUT2D eigenvalue weighted by Crippen LogP contribution is 2.30. The van der Waals surface area contributed by atoms with Gasteiger partial charge in [0.2, 0.25) is 0 Å². The van der Waals surface area contributed by atoms with E-state index in [2.05, 4.69) is 37.2 Å². The van der Waals surface area contributed by atoms with E-state index in [-0.39, 0.29) is 5.75 Å². The van der Waals surface area contributed by atoms with Crippen LogP contribution in [0.25, 0.3) is 0 Å². The predicted octanol–water partition coefficient (Wildman–Crippen LogP) is 5.18. The smallest absolute Gasteiger partial charge is 0.139 e. The average molecular weight is 391 g/mol. The Balaban J connectivity index is 2.16. The summed E-state index contributed by atoms with van der Waals surface area (Å²) in [4.78, 5) is 0. The first-order chi connectivity index (χ1) is 8.58. The maximum absolute atomic E-state index is 9.81. The number of aromatic hydroxyl groups is 1. The maximum Gasteiger partial charge on any atom is 0.139 e. The number of nitrogens with one attached hydrogen (secondary N) is 1. The third kappa shape index (κ3) is 3.19. The highest BCUT2D eigenvalue weighted by atomic mass is 79.9. The lowest BCUT2D eigenvalue weighted by molar-refractivity contribution is 0.469. The molecule has 2 aromatic carbocycles. The fourth-order valence-electron chi connectivity index (χ4n) is 1.53. The Kier molecular flexibility index (Phi) is 4.54. The molecule has 0 radical (unpaired) electrons. The lowest BCUT2D eigenvalue weighted by Gasteiger charge is -2.11. The van der Waals surface area contributed by atoms with Crippen LogP contribution in [0.1, 0.15) is 5.56 Å². The fourth-order valence-corrected chi connectivity index (χ4v) is 2.47. The van der Waals surface area contributed by atoms with Gasteiger partial charge < -0.3 is 10.4 Å². The molecule has 0 aliphatic heterocycles. The summed E-state index contributed by atoms with van der Waals surface area (Å²) in [6.45, 7) is 0.501. The molecule has 0 aromatic heterocycles. The van der Waals surface area contributed by atoms with Gasteiger partial charge in [-0.2, -0.15) is 0 Å². The minimum atomic E-state index is 0.123. The van der Waals surface area contributed by atoms with E-state index in [1.807, 2.05) is 30.3 Å². The quantitative estimate of drug-likeness (QED) is 0.755. The van der Waals surface area contributed by atoms with E-state index in [1.165, 1.54) is 0 Å². The highest BCUT2D eigenvalue weighted by Gasteiger charge is 2.06. The fraction of sp³-hybridized carbons (Fsp3) is 0.0769. The number of halogens is 3. The Hall–Kier alpha value is -0.710. The SMILES string of the molecule is Oc1c(Cl)cccc1CNc1cc(Br)ccc1Br. The van der Waals surface area contributed by atoms with E-state index < -0.39 is 0 Å².